The van der Waals surface area contributed by atoms with Crippen LogP contribution in [0.1, 0.15) is 59.6 Å². The molecule has 1 atom stereocenters. The van der Waals surface area contributed by atoms with Gasteiger partial charge in [0.15, 0.2) is 5.43 Å². The minimum atomic E-state index is -0.460. The maximum atomic E-state index is 13.7. The number of nitrogens with zero attached hydrogens (tertiary/aromatic N) is 2. The molecule has 0 aliphatic carbocycles. The van der Waals surface area contributed by atoms with Crippen LogP contribution in [0.5, 0.6) is 0 Å². The van der Waals surface area contributed by atoms with Crippen LogP contribution < -0.4 is 5.43 Å². The summed E-state index contributed by atoms with van der Waals surface area (Å²) < 4.78 is 11.5. The third kappa shape index (κ3) is 4.05. The summed E-state index contributed by atoms with van der Waals surface area (Å²) in [5, 5.41) is 0.526. The number of morpholine rings is 1. The highest BCUT2D eigenvalue weighted by atomic mass is 16.5. The van der Waals surface area contributed by atoms with Crippen molar-refractivity contribution in [2.45, 2.75) is 39.2 Å². The number of aryl methyl sites for hydroxylation is 1. The van der Waals surface area contributed by atoms with Crippen molar-refractivity contribution in [3.05, 3.63) is 80.7 Å². The van der Waals surface area contributed by atoms with Crippen LogP contribution in [0, 0.1) is 6.92 Å². The number of carbonyl (C=O) groups is 1. The molecule has 3 aromatic rings. The first-order valence-electron chi connectivity index (χ1n) is 12.0. The van der Waals surface area contributed by atoms with E-state index >= 15 is 0 Å². The number of carbonyl (C=O) groups excluding carboxylic acids is 1. The minimum Gasteiger partial charge on any atom is -0.450 e. The first-order valence-corrected chi connectivity index (χ1v) is 12.0. The molecule has 2 aliphatic rings. The van der Waals surface area contributed by atoms with E-state index in [9.17, 15) is 9.59 Å². The molecular weight excluding hydrogens is 428 g/mol. The number of hydrogen-bond donors (Lipinski definition) is 0. The van der Waals surface area contributed by atoms with E-state index in [1.165, 1.54) is 5.56 Å². The van der Waals surface area contributed by atoms with Crippen molar-refractivity contribution in [1.82, 2.24) is 9.80 Å². The monoisotopic (exact) mass is 460 g/mol. The molecule has 0 spiro atoms. The smallest absolute Gasteiger partial charge is 0.290 e. The van der Waals surface area contributed by atoms with Crippen LogP contribution in [0.2, 0.25) is 0 Å². The van der Waals surface area contributed by atoms with Crippen molar-refractivity contribution >= 4 is 16.9 Å². The normalized spacial score (nSPS) is 19.1. The van der Waals surface area contributed by atoms with Crippen molar-refractivity contribution in [3.8, 4) is 0 Å². The number of fused-ring (bicyclic) bond motifs is 2. The van der Waals surface area contributed by atoms with E-state index in [-0.39, 0.29) is 22.5 Å². The SMILES string of the molecule is Cc1ccc2oc3c(c(=O)c2c1)[C@@H](c1ccc(C(C)(C)C)cc1)N(CCN1CCOCC1)C3=O. The first kappa shape index (κ1) is 22.8. The molecule has 1 aromatic heterocycles. The highest BCUT2D eigenvalue weighted by Crippen LogP contribution is 2.38. The quantitative estimate of drug-likeness (QED) is 0.582. The molecule has 0 radical (unpaired) electrons. The predicted octanol–water partition coefficient (Wildman–Crippen LogP) is 4.28. The molecule has 1 amide bonds. The van der Waals surface area contributed by atoms with E-state index in [1.54, 1.807) is 6.07 Å². The molecule has 3 heterocycles. The third-order valence-electron chi connectivity index (χ3n) is 6.97. The Morgan fingerprint density at radius 3 is 2.35 bits per heavy atom. The predicted molar refractivity (Wildman–Crippen MR) is 133 cm³/mol. The molecule has 5 rings (SSSR count). The van der Waals surface area contributed by atoms with E-state index in [1.807, 2.05) is 24.0 Å². The van der Waals surface area contributed by atoms with Crippen molar-refractivity contribution in [2.24, 2.45) is 0 Å². The zero-order valence-corrected chi connectivity index (χ0v) is 20.4. The molecule has 1 saturated heterocycles. The standard InChI is InChI=1S/C28H32N2O4/c1-18-5-10-22-21(17-18)25(31)23-24(19-6-8-20(9-7-19)28(2,3)4)30(27(32)26(23)34-22)12-11-29-13-15-33-16-14-29/h5-10,17,24H,11-16H2,1-4H3/t24-/m1/s1. The van der Waals surface area contributed by atoms with Crippen LogP contribution in [0.15, 0.2) is 51.7 Å². The molecule has 6 nitrogen and oxygen atoms in total. The Labute approximate surface area is 200 Å². The largest absolute Gasteiger partial charge is 0.450 e. The number of benzene rings is 2. The second-order valence-corrected chi connectivity index (χ2v) is 10.4. The van der Waals surface area contributed by atoms with Gasteiger partial charge in [0.05, 0.1) is 30.2 Å². The fourth-order valence-electron chi connectivity index (χ4n) is 4.95. The van der Waals surface area contributed by atoms with Crippen molar-refractivity contribution < 1.29 is 13.9 Å². The Bertz CT molecular complexity index is 1280. The highest BCUT2D eigenvalue weighted by molar-refractivity contribution is 5.99. The Morgan fingerprint density at radius 2 is 1.68 bits per heavy atom. The molecule has 0 saturated carbocycles. The van der Waals surface area contributed by atoms with Gasteiger partial charge in [-0.3, -0.25) is 14.5 Å². The average Bonchev–Trinajstić information content (AvgIpc) is 3.10. The number of amides is 1. The molecule has 0 unspecified atom stereocenters. The molecular formula is C28H32N2O4. The number of hydrogen-bond acceptors (Lipinski definition) is 5. The summed E-state index contributed by atoms with van der Waals surface area (Å²) in [6.45, 7) is 12.8. The summed E-state index contributed by atoms with van der Waals surface area (Å²) in [7, 11) is 0. The zero-order valence-electron chi connectivity index (χ0n) is 20.4. The van der Waals surface area contributed by atoms with E-state index < -0.39 is 6.04 Å². The van der Waals surface area contributed by atoms with Crippen LogP contribution in [-0.4, -0.2) is 55.1 Å². The van der Waals surface area contributed by atoms with Crippen LogP contribution in [0.25, 0.3) is 11.0 Å². The number of ether oxygens (including phenoxy) is 1. The fraction of sp³-hybridized carbons (Fsp3) is 0.429. The third-order valence-corrected chi connectivity index (χ3v) is 6.97. The van der Waals surface area contributed by atoms with Gasteiger partial charge in [-0.15, -0.1) is 0 Å². The first-order chi connectivity index (χ1) is 16.2. The van der Waals surface area contributed by atoms with Crippen molar-refractivity contribution in [2.75, 3.05) is 39.4 Å². The highest BCUT2D eigenvalue weighted by Gasteiger charge is 2.42. The van der Waals surface area contributed by atoms with Crippen LogP contribution in [0.3, 0.4) is 0 Å². The Morgan fingerprint density at radius 1 is 0.971 bits per heavy atom. The Balaban J connectivity index is 1.60. The maximum absolute atomic E-state index is 13.7. The molecule has 0 N–H and O–H groups in total. The molecule has 2 aliphatic heterocycles. The lowest BCUT2D eigenvalue weighted by Gasteiger charge is -2.31. The van der Waals surface area contributed by atoms with Gasteiger partial charge in [-0.1, -0.05) is 56.7 Å². The Kier molecular flexibility index (Phi) is 5.82. The van der Waals surface area contributed by atoms with Gasteiger partial charge in [0, 0.05) is 26.2 Å². The molecule has 34 heavy (non-hydrogen) atoms. The lowest BCUT2D eigenvalue weighted by atomic mass is 9.86. The van der Waals surface area contributed by atoms with E-state index in [0.29, 0.717) is 36.3 Å². The van der Waals surface area contributed by atoms with Crippen molar-refractivity contribution in [1.29, 1.82) is 0 Å². The van der Waals surface area contributed by atoms with Gasteiger partial charge in [-0.05, 0) is 35.6 Å². The molecule has 1 fully saturated rings. The summed E-state index contributed by atoms with van der Waals surface area (Å²) in [4.78, 5) is 31.4. The lowest BCUT2D eigenvalue weighted by Crippen LogP contribution is -2.42. The van der Waals surface area contributed by atoms with Gasteiger partial charge in [0.1, 0.15) is 5.58 Å². The summed E-state index contributed by atoms with van der Waals surface area (Å²) in [6.07, 6.45) is 0. The minimum absolute atomic E-state index is 0.0186. The van der Waals surface area contributed by atoms with Crippen LogP contribution >= 0.6 is 0 Å². The van der Waals surface area contributed by atoms with Crippen LogP contribution in [0.4, 0.5) is 0 Å². The van der Waals surface area contributed by atoms with E-state index in [4.69, 9.17) is 9.15 Å². The summed E-state index contributed by atoms with van der Waals surface area (Å²) in [5.41, 5.74) is 3.94. The molecule has 178 valence electrons. The Hall–Kier alpha value is -2.96. The van der Waals surface area contributed by atoms with Crippen LogP contribution in [-0.2, 0) is 10.2 Å². The second-order valence-electron chi connectivity index (χ2n) is 10.4. The lowest BCUT2D eigenvalue weighted by molar-refractivity contribution is 0.0314. The van der Waals surface area contributed by atoms with Gasteiger partial charge in [-0.2, -0.15) is 0 Å². The number of rotatable bonds is 4. The van der Waals surface area contributed by atoms with Gasteiger partial charge in [0.2, 0.25) is 5.76 Å². The molecule has 6 heteroatoms. The van der Waals surface area contributed by atoms with Gasteiger partial charge < -0.3 is 14.1 Å². The fourth-order valence-corrected chi connectivity index (χ4v) is 4.95. The van der Waals surface area contributed by atoms with E-state index in [2.05, 4.69) is 49.9 Å². The topological polar surface area (TPSA) is 63.0 Å². The average molecular weight is 461 g/mol. The maximum Gasteiger partial charge on any atom is 0.290 e. The summed E-state index contributed by atoms with van der Waals surface area (Å²) >= 11 is 0. The molecule has 2 aromatic carbocycles. The van der Waals surface area contributed by atoms with Crippen molar-refractivity contribution in [3.63, 3.8) is 0 Å². The second kappa shape index (κ2) is 8.67. The summed E-state index contributed by atoms with van der Waals surface area (Å²) in [6, 6.07) is 13.4. The van der Waals surface area contributed by atoms with Gasteiger partial charge >= 0.3 is 0 Å². The van der Waals surface area contributed by atoms with E-state index in [0.717, 1.165) is 30.8 Å². The summed E-state index contributed by atoms with van der Waals surface area (Å²) in [5.74, 6) is -0.0408. The van der Waals surface area contributed by atoms with Gasteiger partial charge in [-0.25, -0.2) is 0 Å². The molecule has 0 bridgehead atoms. The zero-order chi connectivity index (χ0) is 24.0. The van der Waals surface area contributed by atoms with Gasteiger partial charge in [0.25, 0.3) is 5.91 Å².